The van der Waals surface area contributed by atoms with Crippen LogP contribution in [-0.4, -0.2) is 48.8 Å². The summed E-state index contributed by atoms with van der Waals surface area (Å²) in [6.07, 6.45) is 2.11. The summed E-state index contributed by atoms with van der Waals surface area (Å²) in [4.78, 5) is 0. The number of hydrogen-bond acceptors (Lipinski definition) is 6. The molecule has 0 saturated carbocycles. The van der Waals surface area contributed by atoms with Crippen LogP contribution in [0.2, 0.25) is 0 Å². The first-order chi connectivity index (χ1) is 21.8. The van der Waals surface area contributed by atoms with Crippen LogP contribution in [-0.2, 0) is 50.1 Å². The second-order valence-corrected chi connectivity index (χ2v) is 10.9. The van der Waals surface area contributed by atoms with Gasteiger partial charge in [0.2, 0.25) is 0 Å². The molecule has 5 atom stereocenters. The van der Waals surface area contributed by atoms with E-state index < -0.39 is 24.4 Å². The van der Waals surface area contributed by atoms with Crippen LogP contribution in [0.1, 0.15) is 28.7 Å². The van der Waals surface area contributed by atoms with E-state index in [9.17, 15) is 5.11 Å². The third-order valence-corrected chi connectivity index (χ3v) is 7.62. The van der Waals surface area contributed by atoms with Crippen molar-refractivity contribution < 1.29 is 28.8 Å². The Hall–Kier alpha value is -3.62. The van der Waals surface area contributed by atoms with Gasteiger partial charge < -0.3 is 28.8 Å². The van der Waals surface area contributed by atoms with Gasteiger partial charge in [-0.15, -0.1) is 0 Å². The maximum atomic E-state index is 9.45. The summed E-state index contributed by atoms with van der Waals surface area (Å²) in [6.45, 7) is 1.95. The second-order valence-electron chi connectivity index (χ2n) is 10.9. The van der Waals surface area contributed by atoms with Gasteiger partial charge in [-0.3, -0.25) is 0 Å². The van der Waals surface area contributed by atoms with Crippen molar-refractivity contribution in [3.8, 4) is 0 Å². The van der Waals surface area contributed by atoms with Gasteiger partial charge in [-0.2, -0.15) is 0 Å². The van der Waals surface area contributed by atoms with Crippen molar-refractivity contribution in [3.05, 3.63) is 156 Å². The highest BCUT2D eigenvalue weighted by Crippen LogP contribution is 2.32. The van der Waals surface area contributed by atoms with E-state index >= 15 is 0 Å². The first-order valence-electron chi connectivity index (χ1n) is 15.3. The minimum atomic E-state index is -0.464. The average Bonchev–Trinajstić information content (AvgIpc) is 3.08. The molecule has 6 nitrogen and oxygen atoms in total. The van der Waals surface area contributed by atoms with Crippen molar-refractivity contribution in [2.45, 2.75) is 63.4 Å². The highest BCUT2D eigenvalue weighted by molar-refractivity contribution is 5.16. The van der Waals surface area contributed by atoms with E-state index in [0.717, 1.165) is 22.3 Å². The maximum absolute atomic E-state index is 9.45. The van der Waals surface area contributed by atoms with Gasteiger partial charge in [-0.25, -0.2) is 0 Å². The molecular weight excluding hydrogens is 552 g/mol. The quantitative estimate of drug-likeness (QED) is 0.146. The molecular formula is C38H42O6. The van der Waals surface area contributed by atoms with Crippen LogP contribution < -0.4 is 0 Å². The van der Waals surface area contributed by atoms with Gasteiger partial charge >= 0.3 is 0 Å². The highest BCUT2D eigenvalue weighted by atomic mass is 16.6. The molecule has 0 aliphatic carbocycles. The van der Waals surface area contributed by atoms with Crippen molar-refractivity contribution in [2.75, 3.05) is 13.2 Å². The third-order valence-electron chi connectivity index (χ3n) is 7.62. The summed E-state index contributed by atoms with van der Waals surface area (Å²) < 4.78 is 33.1. The predicted octanol–water partition coefficient (Wildman–Crippen LogP) is 6.67. The Bertz CT molecular complexity index is 1350. The lowest BCUT2D eigenvalue weighted by molar-refractivity contribution is -0.271. The number of benzene rings is 4. The largest absolute Gasteiger partial charge is 0.392 e. The number of ether oxygens (including phenoxy) is 5. The molecule has 1 N–H and O–H groups in total. The lowest BCUT2D eigenvalue weighted by atomic mass is 9.92. The van der Waals surface area contributed by atoms with Gasteiger partial charge in [-0.05, 0) is 28.7 Å². The summed E-state index contributed by atoms with van der Waals surface area (Å²) in [5.74, 6) is 0. The summed E-state index contributed by atoms with van der Waals surface area (Å²) in [5, 5.41) is 9.45. The molecule has 0 aromatic heterocycles. The smallest absolute Gasteiger partial charge is 0.115 e. The van der Waals surface area contributed by atoms with Crippen LogP contribution in [0.3, 0.4) is 0 Å². The van der Waals surface area contributed by atoms with Crippen LogP contribution in [0.5, 0.6) is 0 Å². The number of aliphatic hydroxyl groups is 1. The number of aliphatic hydroxyl groups excluding tert-OH is 1. The van der Waals surface area contributed by atoms with Gasteiger partial charge in [0.05, 0.1) is 45.7 Å². The van der Waals surface area contributed by atoms with Gasteiger partial charge in [0.25, 0.3) is 0 Å². The summed E-state index contributed by atoms with van der Waals surface area (Å²) in [5.41, 5.74) is 4.28. The standard InChI is InChI=1S/C38H42O6/c39-24-14-13-23-34-36(41-26-31-17-7-2-8-18-31)38(43-28-33-21-11-4-12-22-33)37(42-27-32-19-9-3-10-20-32)35(44-34)29-40-25-30-15-5-1-6-16-30/h1-22,34-39H,23-29H2/b14-13+/t34-,35-,36+,37-,38-/m1/s1. The number of hydrogen-bond donors (Lipinski definition) is 1. The SMILES string of the molecule is OC/C=C/C[C@H]1O[C@H](COCc2ccccc2)[C@@H](OCc2ccccc2)[C@H](OCc2ccccc2)[C@H]1OCc1ccccc1. The molecule has 1 aliphatic heterocycles. The fourth-order valence-electron chi connectivity index (χ4n) is 5.38. The first-order valence-corrected chi connectivity index (χ1v) is 15.3. The molecule has 1 fully saturated rings. The fourth-order valence-corrected chi connectivity index (χ4v) is 5.38. The number of rotatable bonds is 16. The van der Waals surface area contributed by atoms with E-state index in [1.807, 2.05) is 103 Å². The summed E-state index contributed by atoms with van der Waals surface area (Å²) in [6, 6.07) is 40.5. The Labute approximate surface area is 260 Å². The lowest BCUT2D eigenvalue weighted by Crippen LogP contribution is -2.61. The molecule has 5 rings (SSSR count). The van der Waals surface area contributed by atoms with Gasteiger partial charge in [0.1, 0.15) is 24.4 Å². The maximum Gasteiger partial charge on any atom is 0.115 e. The van der Waals surface area contributed by atoms with E-state index in [1.54, 1.807) is 6.08 Å². The minimum absolute atomic E-state index is 0.0391. The Kier molecular flexibility index (Phi) is 12.7. The normalized spacial score (nSPS) is 21.9. The highest BCUT2D eigenvalue weighted by Gasteiger charge is 2.48. The molecule has 0 radical (unpaired) electrons. The molecule has 0 bridgehead atoms. The molecule has 0 unspecified atom stereocenters. The van der Waals surface area contributed by atoms with E-state index in [4.69, 9.17) is 23.7 Å². The Balaban J connectivity index is 1.42. The van der Waals surface area contributed by atoms with Crippen molar-refractivity contribution in [3.63, 3.8) is 0 Å². The van der Waals surface area contributed by atoms with Crippen LogP contribution in [0, 0.1) is 0 Å². The second kappa shape index (κ2) is 17.6. The van der Waals surface area contributed by atoms with Gasteiger partial charge in [-0.1, -0.05) is 133 Å². The topological polar surface area (TPSA) is 66.4 Å². The predicted molar refractivity (Wildman–Crippen MR) is 171 cm³/mol. The lowest BCUT2D eigenvalue weighted by Gasteiger charge is -2.46. The minimum Gasteiger partial charge on any atom is -0.392 e. The zero-order chi connectivity index (χ0) is 30.2. The molecule has 1 aliphatic rings. The van der Waals surface area contributed by atoms with Crippen LogP contribution in [0.25, 0.3) is 0 Å². The molecule has 0 amide bonds. The molecule has 4 aromatic rings. The molecule has 4 aromatic carbocycles. The van der Waals surface area contributed by atoms with Crippen molar-refractivity contribution in [2.24, 2.45) is 0 Å². The van der Waals surface area contributed by atoms with Crippen LogP contribution >= 0.6 is 0 Å². The van der Waals surface area contributed by atoms with Crippen molar-refractivity contribution in [1.82, 2.24) is 0 Å². The van der Waals surface area contributed by atoms with Gasteiger partial charge in [0, 0.05) is 0 Å². The fraction of sp³-hybridized carbons (Fsp3) is 0.316. The van der Waals surface area contributed by atoms with E-state index in [1.165, 1.54) is 0 Å². The summed E-state index contributed by atoms with van der Waals surface area (Å²) >= 11 is 0. The molecule has 230 valence electrons. The summed E-state index contributed by atoms with van der Waals surface area (Å²) in [7, 11) is 0. The van der Waals surface area contributed by atoms with Crippen LogP contribution in [0.15, 0.2) is 133 Å². The average molecular weight is 595 g/mol. The van der Waals surface area contributed by atoms with Crippen molar-refractivity contribution in [1.29, 1.82) is 0 Å². The van der Waals surface area contributed by atoms with Crippen molar-refractivity contribution >= 4 is 0 Å². The molecule has 1 saturated heterocycles. The Morgan fingerprint density at radius 1 is 0.500 bits per heavy atom. The zero-order valence-electron chi connectivity index (χ0n) is 25.0. The van der Waals surface area contributed by atoms with E-state index in [-0.39, 0.29) is 12.7 Å². The van der Waals surface area contributed by atoms with Crippen LogP contribution in [0.4, 0.5) is 0 Å². The first kappa shape index (κ1) is 31.8. The third kappa shape index (κ3) is 9.69. The van der Waals surface area contributed by atoms with E-state index in [0.29, 0.717) is 39.5 Å². The molecule has 1 heterocycles. The Morgan fingerprint density at radius 3 is 1.36 bits per heavy atom. The monoisotopic (exact) mass is 594 g/mol. The molecule has 6 heteroatoms. The Morgan fingerprint density at radius 2 is 0.909 bits per heavy atom. The molecule has 0 spiro atoms. The van der Waals surface area contributed by atoms with E-state index in [2.05, 4.69) is 24.3 Å². The molecule has 44 heavy (non-hydrogen) atoms. The zero-order valence-corrected chi connectivity index (χ0v) is 25.0. The van der Waals surface area contributed by atoms with Gasteiger partial charge in [0.15, 0.2) is 0 Å².